The molecule has 2 aromatic rings. The van der Waals surface area contributed by atoms with Crippen molar-refractivity contribution in [1.82, 2.24) is 20.3 Å². The molecular weight excluding hydrogens is 304 g/mol. The molecule has 0 aliphatic rings. The first kappa shape index (κ1) is 12.5. The molecule has 1 heterocycles. The Bertz CT molecular complexity index is 526. The molecule has 6 heteroatoms. The Labute approximate surface area is 113 Å². The third-order valence-corrected chi connectivity index (χ3v) is 3.82. The van der Waals surface area contributed by atoms with E-state index in [1.54, 1.807) is 10.9 Å². The Balaban J connectivity index is 2.42. The van der Waals surface area contributed by atoms with Crippen LogP contribution in [-0.4, -0.2) is 22.0 Å². The van der Waals surface area contributed by atoms with Gasteiger partial charge >= 0.3 is 0 Å². The van der Waals surface area contributed by atoms with E-state index in [1.165, 1.54) is 0 Å². The van der Waals surface area contributed by atoms with Gasteiger partial charge in [0, 0.05) is 11.5 Å². The van der Waals surface area contributed by atoms with Crippen LogP contribution in [0.25, 0.3) is 0 Å². The van der Waals surface area contributed by atoms with Gasteiger partial charge in [0.15, 0.2) is 0 Å². The molecule has 1 unspecified atom stereocenters. The summed E-state index contributed by atoms with van der Waals surface area (Å²) in [5, 5.41) is 11.8. The highest BCUT2D eigenvalue weighted by atomic mass is 79.9. The predicted molar refractivity (Wildman–Crippen MR) is 71.1 cm³/mol. The van der Waals surface area contributed by atoms with Crippen LogP contribution in [0, 0.1) is 0 Å². The van der Waals surface area contributed by atoms with E-state index in [-0.39, 0.29) is 6.04 Å². The summed E-state index contributed by atoms with van der Waals surface area (Å²) in [4.78, 5) is 0. The number of aromatic nitrogens is 3. The fourth-order valence-electron chi connectivity index (χ4n) is 1.74. The van der Waals surface area contributed by atoms with Crippen molar-refractivity contribution in [3.8, 4) is 0 Å². The molecule has 1 aromatic carbocycles. The molecule has 0 saturated heterocycles. The molecule has 17 heavy (non-hydrogen) atoms. The Morgan fingerprint density at radius 3 is 2.76 bits per heavy atom. The second-order valence-corrected chi connectivity index (χ2v) is 4.94. The van der Waals surface area contributed by atoms with Gasteiger partial charge in [0.25, 0.3) is 0 Å². The number of rotatable bonds is 3. The first-order chi connectivity index (χ1) is 8.13. The van der Waals surface area contributed by atoms with Crippen LogP contribution in [0.4, 0.5) is 0 Å². The first-order valence-corrected chi connectivity index (χ1v) is 6.27. The van der Waals surface area contributed by atoms with Gasteiger partial charge in [-0.1, -0.05) is 22.9 Å². The Kier molecular flexibility index (Phi) is 3.81. The van der Waals surface area contributed by atoms with E-state index >= 15 is 0 Å². The number of benzene rings is 1. The molecule has 0 fully saturated rings. The quantitative estimate of drug-likeness (QED) is 0.946. The third kappa shape index (κ3) is 2.51. The van der Waals surface area contributed by atoms with E-state index in [2.05, 4.69) is 31.6 Å². The second-order valence-electron chi connectivity index (χ2n) is 3.68. The standard InChI is InChI=1S/C11H12BrClN4/c1-14-11(10-6-15-16-17(10)2)7-3-4-9(13)8(12)5-7/h3-6,11,14H,1-2H3. The van der Waals surface area contributed by atoms with E-state index in [0.717, 1.165) is 15.7 Å². The third-order valence-electron chi connectivity index (χ3n) is 2.61. The number of hydrogen-bond donors (Lipinski definition) is 1. The van der Waals surface area contributed by atoms with Crippen molar-refractivity contribution in [3.05, 3.63) is 45.1 Å². The lowest BCUT2D eigenvalue weighted by atomic mass is 10.0. The van der Waals surface area contributed by atoms with E-state index in [4.69, 9.17) is 11.6 Å². The van der Waals surface area contributed by atoms with E-state index in [0.29, 0.717) is 5.02 Å². The SMILES string of the molecule is CNC(c1ccc(Cl)c(Br)c1)c1cnnn1C. The summed E-state index contributed by atoms with van der Waals surface area (Å²) >= 11 is 9.42. The fraction of sp³-hybridized carbons (Fsp3) is 0.273. The largest absolute Gasteiger partial charge is 0.308 e. The second kappa shape index (κ2) is 5.16. The smallest absolute Gasteiger partial charge is 0.0798 e. The van der Waals surface area contributed by atoms with Crippen LogP contribution < -0.4 is 5.32 Å². The van der Waals surface area contributed by atoms with E-state index < -0.39 is 0 Å². The maximum absolute atomic E-state index is 5.99. The Morgan fingerprint density at radius 1 is 1.47 bits per heavy atom. The van der Waals surface area contributed by atoms with Gasteiger partial charge in [-0.3, -0.25) is 4.68 Å². The number of hydrogen-bond acceptors (Lipinski definition) is 3. The summed E-state index contributed by atoms with van der Waals surface area (Å²) < 4.78 is 2.64. The van der Waals surface area contributed by atoms with Gasteiger partial charge in [-0.25, -0.2) is 0 Å². The minimum absolute atomic E-state index is 0.0450. The van der Waals surface area contributed by atoms with Gasteiger partial charge in [0.05, 0.1) is 23.0 Å². The topological polar surface area (TPSA) is 42.7 Å². The number of nitrogens with zero attached hydrogens (tertiary/aromatic N) is 3. The molecule has 1 aromatic heterocycles. The number of nitrogens with one attached hydrogen (secondary N) is 1. The molecule has 1 atom stereocenters. The number of halogens is 2. The van der Waals surface area contributed by atoms with Gasteiger partial charge < -0.3 is 5.32 Å². The minimum Gasteiger partial charge on any atom is -0.308 e. The Morgan fingerprint density at radius 2 is 2.24 bits per heavy atom. The van der Waals surface area contributed by atoms with Crippen LogP contribution in [0.15, 0.2) is 28.9 Å². The van der Waals surface area contributed by atoms with Crippen molar-refractivity contribution in [2.24, 2.45) is 7.05 Å². The number of aryl methyl sites for hydroxylation is 1. The van der Waals surface area contributed by atoms with E-state index in [1.807, 2.05) is 32.3 Å². The van der Waals surface area contributed by atoms with Crippen molar-refractivity contribution in [3.63, 3.8) is 0 Å². The lowest BCUT2D eigenvalue weighted by Gasteiger charge is -2.16. The highest BCUT2D eigenvalue weighted by Crippen LogP contribution is 2.28. The minimum atomic E-state index is 0.0450. The zero-order valence-corrected chi connectivity index (χ0v) is 11.8. The summed E-state index contributed by atoms with van der Waals surface area (Å²) in [5.74, 6) is 0. The molecule has 0 aliphatic carbocycles. The molecule has 90 valence electrons. The first-order valence-electron chi connectivity index (χ1n) is 5.10. The molecule has 0 bridgehead atoms. The van der Waals surface area contributed by atoms with Gasteiger partial charge in [-0.2, -0.15) is 0 Å². The summed E-state index contributed by atoms with van der Waals surface area (Å²) in [6.07, 6.45) is 1.75. The average molecular weight is 316 g/mol. The summed E-state index contributed by atoms with van der Waals surface area (Å²) in [5.41, 5.74) is 2.11. The molecular formula is C11H12BrClN4. The highest BCUT2D eigenvalue weighted by Gasteiger charge is 2.16. The zero-order chi connectivity index (χ0) is 12.4. The van der Waals surface area contributed by atoms with Gasteiger partial charge in [0.1, 0.15) is 0 Å². The molecule has 0 aliphatic heterocycles. The van der Waals surface area contributed by atoms with Crippen molar-refractivity contribution < 1.29 is 0 Å². The monoisotopic (exact) mass is 314 g/mol. The molecule has 0 amide bonds. The Hall–Kier alpha value is -0.910. The molecule has 4 nitrogen and oxygen atoms in total. The summed E-state index contributed by atoms with van der Waals surface area (Å²) in [6.45, 7) is 0. The summed E-state index contributed by atoms with van der Waals surface area (Å²) in [6, 6.07) is 5.90. The van der Waals surface area contributed by atoms with Crippen molar-refractivity contribution in [2.45, 2.75) is 6.04 Å². The maximum Gasteiger partial charge on any atom is 0.0798 e. The summed E-state index contributed by atoms with van der Waals surface area (Å²) in [7, 11) is 3.78. The van der Waals surface area contributed by atoms with Crippen LogP contribution >= 0.6 is 27.5 Å². The zero-order valence-electron chi connectivity index (χ0n) is 9.48. The van der Waals surface area contributed by atoms with Crippen LogP contribution in [0.5, 0.6) is 0 Å². The lowest BCUT2D eigenvalue weighted by Crippen LogP contribution is -2.20. The predicted octanol–water partition coefficient (Wildman–Crippen LogP) is 2.54. The van der Waals surface area contributed by atoms with Crippen LogP contribution in [0.3, 0.4) is 0 Å². The fourth-order valence-corrected chi connectivity index (χ4v) is 2.25. The van der Waals surface area contributed by atoms with Crippen LogP contribution in [-0.2, 0) is 7.05 Å². The van der Waals surface area contributed by atoms with Crippen molar-refractivity contribution in [2.75, 3.05) is 7.05 Å². The van der Waals surface area contributed by atoms with Crippen LogP contribution in [0.1, 0.15) is 17.3 Å². The lowest BCUT2D eigenvalue weighted by molar-refractivity contribution is 0.598. The maximum atomic E-state index is 5.99. The van der Waals surface area contributed by atoms with Gasteiger partial charge in [-0.05, 0) is 40.7 Å². The molecule has 2 rings (SSSR count). The normalized spacial score (nSPS) is 12.7. The van der Waals surface area contributed by atoms with Crippen molar-refractivity contribution >= 4 is 27.5 Å². The molecule has 0 saturated carbocycles. The molecule has 0 radical (unpaired) electrons. The molecule has 0 spiro atoms. The molecule has 1 N–H and O–H groups in total. The van der Waals surface area contributed by atoms with Crippen molar-refractivity contribution in [1.29, 1.82) is 0 Å². The van der Waals surface area contributed by atoms with Gasteiger partial charge in [-0.15, -0.1) is 5.10 Å². The van der Waals surface area contributed by atoms with E-state index in [9.17, 15) is 0 Å². The van der Waals surface area contributed by atoms with Crippen LogP contribution in [0.2, 0.25) is 5.02 Å². The average Bonchev–Trinajstić information content (AvgIpc) is 2.71. The highest BCUT2D eigenvalue weighted by molar-refractivity contribution is 9.10. The van der Waals surface area contributed by atoms with Gasteiger partial charge in [0.2, 0.25) is 0 Å².